The normalized spacial score (nSPS) is 20.6. The van der Waals surface area contributed by atoms with Crippen LogP contribution in [-0.4, -0.2) is 28.8 Å². The van der Waals surface area contributed by atoms with Crippen LogP contribution in [0.4, 0.5) is 11.5 Å². The maximum absolute atomic E-state index is 12.3. The van der Waals surface area contributed by atoms with Crippen LogP contribution in [0.3, 0.4) is 0 Å². The fourth-order valence-electron chi connectivity index (χ4n) is 3.42. The van der Waals surface area contributed by atoms with E-state index in [4.69, 9.17) is 0 Å². The van der Waals surface area contributed by atoms with E-state index in [1.165, 1.54) is 6.07 Å². The standard InChI is InChI=1S/C16H21N3O3/c1-16(2)9-12-11(14(20)10-16)8-13(19(21)22)15(17-12)18-6-4-3-5-7-18/h8H,3-7,9-10H2,1-2H3. The lowest BCUT2D eigenvalue weighted by Gasteiger charge is -2.32. The van der Waals surface area contributed by atoms with E-state index in [0.29, 0.717) is 29.9 Å². The van der Waals surface area contributed by atoms with Crippen LogP contribution in [0, 0.1) is 15.5 Å². The van der Waals surface area contributed by atoms with Crippen molar-refractivity contribution < 1.29 is 9.72 Å². The average Bonchev–Trinajstić information content (AvgIpc) is 2.45. The molecule has 1 aromatic rings. The Morgan fingerprint density at radius 1 is 1.23 bits per heavy atom. The Morgan fingerprint density at radius 3 is 2.55 bits per heavy atom. The predicted molar refractivity (Wildman–Crippen MR) is 83.4 cm³/mol. The van der Waals surface area contributed by atoms with E-state index in [0.717, 1.165) is 32.4 Å². The molecule has 0 aromatic carbocycles. The summed E-state index contributed by atoms with van der Waals surface area (Å²) in [7, 11) is 0. The first kappa shape index (κ1) is 14.9. The fourth-order valence-corrected chi connectivity index (χ4v) is 3.42. The van der Waals surface area contributed by atoms with E-state index in [-0.39, 0.29) is 16.9 Å². The number of pyridine rings is 1. The average molecular weight is 303 g/mol. The molecule has 6 heteroatoms. The molecular weight excluding hydrogens is 282 g/mol. The zero-order valence-corrected chi connectivity index (χ0v) is 13.1. The van der Waals surface area contributed by atoms with Gasteiger partial charge in [0.05, 0.1) is 10.6 Å². The van der Waals surface area contributed by atoms with Gasteiger partial charge in [-0.1, -0.05) is 13.8 Å². The van der Waals surface area contributed by atoms with Crippen LogP contribution in [-0.2, 0) is 6.42 Å². The van der Waals surface area contributed by atoms with Crippen LogP contribution in [0.25, 0.3) is 0 Å². The number of ketones is 1. The molecule has 0 saturated carbocycles. The highest BCUT2D eigenvalue weighted by molar-refractivity contribution is 5.99. The Labute approximate surface area is 129 Å². The number of hydrogen-bond donors (Lipinski definition) is 0. The van der Waals surface area contributed by atoms with Gasteiger partial charge >= 0.3 is 5.69 Å². The lowest BCUT2D eigenvalue weighted by molar-refractivity contribution is -0.384. The van der Waals surface area contributed by atoms with Gasteiger partial charge in [-0.3, -0.25) is 14.9 Å². The van der Waals surface area contributed by atoms with Gasteiger partial charge in [0.25, 0.3) is 0 Å². The molecule has 1 aromatic heterocycles. The summed E-state index contributed by atoms with van der Waals surface area (Å²) in [6, 6.07) is 1.45. The molecule has 0 spiro atoms. The molecule has 1 aliphatic heterocycles. The van der Waals surface area contributed by atoms with Crippen molar-refractivity contribution >= 4 is 17.3 Å². The Morgan fingerprint density at radius 2 is 1.91 bits per heavy atom. The third-order valence-electron chi connectivity index (χ3n) is 4.50. The highest BCUT2D eigenvalue weighted by Crippen LogP contribution is 2.38. The molecule has 1 saturated heterocycles. The molecule has 2 heterocycles. The lowest BCUT2D eigenvalue weighted by Crippen LogP contribution is -2.33. The number of nitro groups is 1. The number of piperidine rings is 1. The molecule has 2 aliphatic rings. The van der Waals surface area contributed by atoms with Gasteiger partial charge in [-0.05, 0) is 31.1 Å². The van der Waals surface area contributed by atoms with Gasteiger partial charge in [-0.25, -0.2) is 4.98 Å². The number of carbonyl (C=O) groups is 1. The van der Waals surface area contributed by atoms with Gasteiger partial charge in [0, 0.05) is 31.1 Å². The largest absolute Gasteiger partial charge is 0.351 e. The summed E-state index contributed by atoms with van der Waals surface area (Å²) in [5, 5.41) is 11.4. The second-order valence-electron chi connectivity index (χ2n) is 7.07. The minimum absolute atomic E-state index is 0.0336. The van der Waals surface area contributed by atoms with Gasteiger partial charge in [-0.15, -0.1) is 0 Å². The second-order valence-corrected chi connectivity index (χ2v) is 7.07. The molecular formula is C16H21N3O3. The van der Waals surface area contributed by atoms with Crippen LogP contribution in [0.1, 0.15) is 55.6 Å². The molecule has 3 rings (SSSR count). The molecule has 0 radical (unpaired) electrons. The minimum Gasteiger partial charge on any atom is -0.351 e. The van der Waals surface area contributed by atoms with E-state index in [1.54, 1.807) is 0 Å². The van der Waals surface area contributed by atoms with Crippen LogP contribution in [0.2, 0.25) is 0 Å². The Balaban J connectivity index is 2.09. The van der Waals surface area contributed by atoms with E-state index < -0.39 is 4.92 Å². The molecule has 0 bridgehead atoms. The smallest absolute Gasteiger partial charge is 0.312 e. The number of hydrogen-bond acceptors (Lipinski definition) is 5. The SMILES string of the molecule is CC1(C)CC(=O)c2cc([N+](=O)[O-])c(N3CCCCC3)nc2C1. The number of Topliss-reactive ketones (excluding diaryl/α,β-unsaturated/α-hetero) is 1. The van der Waals surface area contributed by atoms with Gasteiger partial charge < -0.3 is 4.90 Å². The highest BCUT2D eigenvalue weighted by atomic mass is 16.6. The van der Waals surface area contributed by atoms with Crippen LogP contribution >= 0.6 is 0 Å². The molecule has 0 amide bonds. The number of carbonyl (C=O) groups excluding carboxylic acids is 1. The highest BCUT2D eigenvalue weighted by Gasteiger charge is 2.35. The van der Waals surface area contributed by atoms with Crippen molar-refractivity contribution in [1.29, 1.82) is 0 Å². The molecule has 1 fully saturated rings. The molecule has 22 heavy (non-hydrogen) atoms. The fraction of sp³-hybridized carbons (Fsp3) is 0.625. The monoisotopic (exact) mass is 303 g/mol. The van der Waals surface area contributed by atoms with E-state index in [1.807, 2.05) is 18.7 Å². The minimum atomic E-state index is -0.412. The first-order valence-corrected chi connectivity index (χ1v) is 7.84. The van der Waals surface area contributed by atoms with E-state index in [9.17, 15) is 14.9 Å². The Hall–Kier alpha value is -1.98. The van der Waals surface area contributed by atoms with Gasteiger partial charge in [0.15, 0.2) is 5.78 Å². The van der Waals surface area contributed by atoms with Crippen LogP contribution in [0.15, 0.2) is 6.07 Å². The summed E-state index contributed by atoms with van der Waals surface area (Å²) >= 11 is 0. The molecule has 1 aliphatic carbocycles. The molecule has 0 unspecified atom stereocenters. The third-order valence-corrected chi connectivity index (χ3v) is 4.50. The third kappa shape index (κ3) is 2.69. The number of anilines is 1. The summed E-state index contributed by atoms with van der Waals surface area (Å²) in [5.41, 5.74) is 0.986. The van der Waals surface area contributed by atoms with Crippen LogP contribution < -0.4 is 4.90 Å². The second kappa shape index (κ2) is 5.34. The Kier molecular flexibility index (Phi) is 3.62. The molecule has 6 nitrogen and oxygen atoms in total. The van der Waals surface area contributed by atoms with Crippen molar-refractivity contribution in [1.82, 2.24) is 4.98 Å². The summed E-state index contributed by atoms with van der Waals surface area (Å²) in [6.45, 7) is 5.67. The first-order valence-electron chi connectivity index (χ1n) is 7.84. The van der Waals surface area contributed by atoms with Crippen LogP contribution in [0.5, 0.6) is 0 Å². The zero-order valence-electron chi connectivity index (χ0n) is 13.1. The Bertz CT molecular complexity index is 634. The van der Waals surface area contributed by atoms with Gasteiger partial charge in [0.1, 0.15) is 0 Å². The number of fused-ring (bicyclic) bond motifs is 1. The van der Waals surface area contributed by atoms with Crippen molar-refractivity contribution in [2.75, 3.05) is 18.0 Å². The summed E-state index contributed by atoms with van der Waals surface area (Å²) in [6.07, 6.45) is 4.32. The van der Waals surface area contributed by atoms with Gasteiger partial charge in [0.2, 0.25) is 5.82 Å². The number of rotatable bonds is 2. The topological polar surface area (TPSA) is 76.3 Å². The van der Waals surface area contributed by atoms with Crippen molar-refractivity contribution in [3.8, 4) is 0 Å². The summed E-state index contributed by atoms with van der Waals surface area (Å²) < 4.78 is 0. The first-order chi connectivity index (χ1) is 10.4. The maximum Gasteiger partial charge on any atom is 0.312 e. The predicted octanol–water partition coefficient (Wildman–Crippen LogP) is 3.14. The van der Waals surface area contributed by atoms with Crippen molar-refractivity contribution in [2.45, 2.75) is 46.0 Å². The molecule has 118 valence electrons. The van der Waals surface area contributed by atoms with Crippen molar-refractivity contribution in [3.05, 3.63) is 27.4 Å². The summed E-state index contributed by atoms with van der Waals surface area (Å²) in [4.78, 5) is 29.8. The number of aromatic nitrogens is 1. The maximum atomic E-state index is 12.3. The zero-order chi connectivity index (χ0) is 15.9. The van der Waals surface area contributed by atoms with E-state index in [2.05, 4.69) is 4.98 Å². The number of nitrogens with zero attached hydrogens (tertiary/aromatic N) is 3. The lowest BCUT2D eigenvalue weighted by atomic mass is 9.75. The summed E-state index contributed by atoms with van der Waals surface area (Å²) in [5.74, 6) is 0.404. The van der Waals surface area contributed by atoms with Gasteiger partial charge in [-0.2, -0.15) is 0 Å². The van der Waals surface area contributed by atoms with E-state index >= 15 is 0 Å². The molecule has 0 N–H and O–H groups in total. The quantitative estimate of drug-likeness (QED) is 0.619. The van der Waals surface area contributed by atoms with Crippen molar-refractivity contribution in [2.24, 2.45) is 5.41 Å². The molecule has 0 atom stereocenters. The van der Waals surface area contributed by atoms with Crippen molar-refractivity contribution in [3.63, 3.8) is 0 Å².